The van der Waals surface area contributed by atoms with Gasteiger partial charge in [0.2, 0.25) is 0 Å². The first kappa shape index (κ1) is 47.0. The van der Waals surface area contributed by atoms with E-state index in [0.29, 0.717) is 5.69 Å². The van der Waals surface area contributed by atoms with E-state index in [1.54, 1.807) is 52.0 Å². The summed E-state index contributed by atoms with van der Waals surface area (Å²) in [5, 5.41) is 60.9. The molecule has 4 aromatic rings. The molecule has 5 bridgehead atoms. The normalized spacial score (nSPS) is 26.8. The molecule has 0 saturated heterocycles. The topological polar surface area (TPSA) is 214 Å². The van der Waals surface area contributed by atoms with Crippen molar-refractivity contribution in [1.82, 2.24) is 0 Å². The Balaban J connectivity index is 1.52. The summed E-state index contributed by atoms with van der Waals surface area (Å²) in [7, 11) is 1.43. The lowest BCUT2D eigenvalue weighted by Crippen LogP contribution is -2.46. The molecular weight excluding hydrogens is 821 g/mol. The maximum atomic E-state index is 14.5. The zero-order valence-electron chi connectivity index (χ0n) is 37.3. The number of fused-ring (bicyclic) bond motifs is 14. The number of anilines is 1. The summed E-state index contributed by atoms with van der Waals surface area (Å²) in [5.74, 6) is -8.59. The number of hydrogen-bond donors (Lipinski definition) is 6. The van der Waals surface area contributed by atoms with Gasteiger partial charge in [0.05, 0.1) is 52.5 Å². The number of ketones is 1. The minimum atomic E-state index is -2.07. The van der Waals surface area contributed by atoms with Gasteiger partial charge in [-0.05, 0) is 43.2 Å². The molecule has 3 aliphatic heterocycles. The molecule has 9 atom stereocenters. The third kappa shape index (κ3) is 9.12. The second kappa shape index (κ2) is 19.1. The van der Waals surface area contributed by atoms with Crippen molar-refractivity contribution in [3.8, 4) is 34.1 Å². The number of hydrogen-bond acceptors (Lipinski definition) is 13. The number of aliphatic hydroxyl groups is 2. The molecule has 0 fully saturated rings. The summed E-state index contributed by atoms with van der Waals surface area (Å²) in [5.41, 5.74) is 1.87. The molecule has 0 spiro atoms. The van der Waals surface area contributed by atoms with Gasteiger partial charge in [0.25, 0.3) is 11.7 Å². The summed E-state index contributed by atoms with van der Waals surface area (Å²) in [6, 6.07) is 17.0. The standard InChI is InChI=1S/C50H56N2O12/c1-25-14-13-15-26(2)49(60)52-40-35(24-51-34-20-18-33(19-21-34)32-16-11-10-12-17-32)44(57)37-38(45(40)58)43(56)30(6)47-39(37)48(59)50(8,64-47)62-23-22-36(61-9)27(3)46(63-31(7)53)29(5)42(55)28(4)41(25)54/h10-25,27-29,36,41-42,46,54-58H,1-9H3,(H,52,60). The maximum absolute atomic E-state index is 14.5. The molecule has 9 unspecified atom stereocenters. The van der Waals surface area contributed by atoms with Crippen molar-refractivity contribution >= 4 is 46.0 Å². The van der Waals surface area contributed by atoms with Crippen LogP contribution in [0.1, 0.15) is 70.0 Å². The molecule has 0 saturated carbocycles. The number of allylic oxidation sites excluding steroid dienone is 2. The predicted octanol–water partition coefficient (Wildman–Crippen LogP) is 8.17. The Morgan fingerprint density at radius 1 is 0.844 bits per heavy atom. The van der Waals surface area contributed by atoms with Crippen LogP contribution in [-0.2, 0) is 23.8 Å². The highest BCUT2D eigenvalue weighted by Gasteiger charge is 2.50. The number of phenols is 3. The Morgan fingerprint density at radius 2 is 1.50 bits per heavy atom. The zero-order chi connectivity index (χ0) is 46.8. The van der Waals surface area contributed by atoms with Crippen molar-refractivity contribution in [2.75, 3.05) is 12.4 Å². The van der Waals surface area contributed by atoms with Gasteiger partial charge in [-0.25, -0.2) is 0 Å². The van der Waals surface area contributed by atoms with Gasteiger partial charge in [-0.3, -0.25) is 19.4 Å². The van der Waals surface area contributed by atoms with Crippen molar-refractivity contribution in [3.63, 3.8) is 0 Å². The van der Waals surface area contributed by atoms with E-state index in [1.165, 1.54) is 59.4 Å². The molecule has 4 aromatic carbocycles. The van der Waals surface area contributed by atoms with Crippen molar-refractivity contribution in [2.24, 2.45) is 28.7 Å². The molecule has 64 heavy (non-hydrogen) atoms. The molecule has 0 radical (unpaired) electrons. The second-order valence-electron chi connectivity index (χ2n) is 16.8. The Morgan fingerprint density at radius 3 is 2.14 bits per heavy atom. The van der Waals surface area contributed by atoms with Crippen LogP contribution < -0.4 is 10.1 Å². The van der Waals surface area contributed by atoms with Crippen LogP contribution in [0.15, 0.2) is 95.7 Å². The fourth-order valence-corrected chi connectivity index (χ4v) is 8.38. The van der Waals surface area contributed by atoms with E-state index in [1.807, 2.05) is 42.5 Å². The first-order valence-electron chi connectivity index (χ1n) is 21.1. The third-order valence-electron chi connectivity index (χ3n) is 12.4. The first-order valence-corrected chi connectivity index (χ1v) is 21.1. The van der Waals surface area contributed by atoms with E-state index >= 15 is 0 Å². The van der Waals surface area contributed by atoms with Gasteiger partial charge >= 0.3 is 11.8 Å². The number of carbonyl (C=O) groups excluding carboxylic acids is 3. The number of nitrogens with zero attached hydrogens (tertiary/aromatic N) is 1. The molecular formula is C50H56N2O12. The van der Waals surface area contributed by atoms with Crippen molar-refractivity contribution in [3.05, 3.63) is 107 Å². The van der Waals surface area contributed by atoms with E-state index in [4.69, 9.17) is 18.9 Å². The highest BCUT2D eigenvalue weighted by molar-refractivity contribution is 6.24. The van der Waals surface area contributed by atoms with Crippen LogP contribution in [0.25, 0.3) is 21.9 Å². The monoisotopic (exact) mass is 876 g/mol. The van der Waals surface area contributed by atoms with Gasteiger partial charge < -0.3 is 49.8 Å². The molecule has 338 valence electrons. The van der Waals surface area contributed by atoms with Gasteiger partial charge in [0, 0.05) is 67.4 Å². The molecule has 1 amide bonds. The molecule has 3 heterocycles. The van der Waals surface area contributed by atoms with Gasteiger partial charge in [-0.15, -0.1) is 0 Å². The Kier molecular flexibility index (Phi) is 14.0. The SMILES string of the molecule is COC1C=COC2(C)Oc3c(C)c(O)c4c(O)c(c(C=Nc5ccc(-c6ccccc6)cc5)c(O)c4c3C2=O)NC(=O)C(C)=CC=CC(C)C(O)C(C)C(O)C(C)C(OC(C)=O)C1C. The molecule has 14 heteroatoms. The maximum Gasteiger partial charge on any atom is 0.312 e. The Bertz CT molecular complexity index is 2550. The number of aliphatic imine (C=N–C) groups is 1. The van der Waals surface area contributed by atoms with Crippen molar-refractivity contribution in [1.29, 1.82) is 0 Å². The number of nitrogens with one attached hydrogen (secondary N) is 1. The van der Waals surface area contributed by atoms with Crippen molar-refractivity contribution in [2.45, 2.75) is 85.6 Å². The van der Waals surface area contributed by atoms with Gasteiger partial charge in [0.1, 0.15) is 23.4 Å². The molecule has 6 N–H and O–H groups in total. The third-order valence-corrected chi connectivity index (χ3v) is 12.4. The highest BCUT2D eigenvalue weighted by atomic mass is 16.7. The van der Waals surface area contributed by atoms with Crippen LogP contribution in [-0.4, -0.2) is 86.7 Å². The summed E-state index contributed by atoms with van der Waals surface area (Å²) in [6.45, 7) is 12.5. The number of methoxy groups -OCH3 is 1. The van der Waals surface area contributed by atoms with Crippen LogP contribution >= 0.6 is 0 Å². The largest absolute Gasteiger partial charge is 0.507 e. The number of rotatable bonds is 5. The number of phenolic OH excluding ortho intramolecular Hbond substituents is 3. The smallest absolute Gasteiger partial charge is 0.312 e. The minimum absolute atomic E-state index is 0.0384. The van der Waals surface area contributed by atoms with Gasteiger partial charge in [0.15, 0.2) is 5.75 Å². The highest BCUT2D eigenvalue weighted by Crippen LogP contribution is 2.55. The predicted molar refractivity (Wildman–Crippen MR) is 243 cm³/mol. The summed E-state index contributed by atoms with van der Waals surface area (Å²) < 4.78 is 23.7. The van der Waals surface area contributed by atoms with Crippen LogP contribution in [0.2, 0.25) is 0 Å². The second-order valence-corrected chi connectivity index (χ2v) is 16.8. The number of aromatic hydroxyl groups is 3. The first-order chi connectivity index (χ1) is 30.3. The van der Waals surface area contributed by atoms with E-state index in [0.717, 1.165) is 11.1 Å². The molecule has 0 aliphatic carbocycles. The number of amides is 1. The minimum Gasteiger partial charge on any atom is -0.507 e. The summed E-state index contributed by atoms with van der Waals surface area (Å²) in [4.78, 5) is 45.3. The summed E-state index contributed by atoms with van der Waals surface area (Å²) >= 11 is 0. The quantitative estimate of drug-likeness (QED) is 0.0485. The Hall–Kier alpha value is -6.48. The number of aliphatic hydroxyl groups excluding tert-OH is 2. The van der Waals surface area contributed by atoms with Gasteiger partial charge in [-0.2, -0.15) is 0 Å². The lowest BCUT2D eigenvalue weighted by atomic mass is 9.78. The zero-order valence-corrected chi connectivity index (χ0v) is 37.3. The average Bonchev–Trinajstić information content (AvgIpc) is 3.54. The van der Waals surface area contributed by atoms with Crippen LogP contribution in [0.5, 0.6) is 23.0 Å². The number of Topliss-reactive ketones (excluding diaryl/α,β-unsaturated/α-hetero) is 1. The molecule has 3 aliphatic rings. The van der Waals surface area contributed by atoms with Crippen molar-refractivity contribution < 1.29 is 58.9 Å². The van der Waals surface area contributed by atoms with Crippen LogP contribution in [0.4, 0.5) is 11.4 Å². The number of carbonyl (C=O) groups is 3. The lowest BCUT2D eigenvalue weighted by molar-refractivity contribution is -0.160. The average molecular weight is 877 g/mol. The lowest BCUT2D eigenvalue weighted by Gasteiger charge is -2.38. The van der Waals surface area contributed by atoms with E-state index in [9.17, 15) is 39.9 Å². The van der Waals surface area contributed by atoms with E-state index in [2.05, 4.69) is 10.3 Å². The number of esters is 1. The summed E-state index contributed by atoms with van der Waals surface area (Å²) in [6.07, 6.45) is 4.72. The van der Waals surface area contributed by atoms with Crippen LogP contribution in [0.3, 0.4) is 0 Å². The molecule has 14 nitrogen and oxygen atoms in total. The Labute approximate surface area is 372 Å². The van der Waals surface area contributed by atoms with Crippen LogP contribution in [0, 0.1) is 30.6 Å². The van der Waals surface area contributed by atoms with E-state index < -0.39 is 88.8 Å². The fourth-order valence-electron chi connectivity index (χ4n) is 8.38. The fraction of sp³-hybridized carbons (Fsp3) is 0.360. The number of ether oxygens (including phenoxy) is 4. The van der Waals surface area contributed by atoms with Gasteiger partial charge in [-0.1, -0.05) is 88.4 Å². The number of benzene rings is 4. The van der Waals surface area contributed by atoms with E-state index in [-0.39, 0.29) is 44.5 Å². The molecule has 0 aromatic heterocycles. The molecule has 7 rings (SSSR count).